The molecule has 0 fully saturated rings. The Hall–Kier alpha value is -2.54. The molecular formula is C12F22O4. The van der Waals surface area contributed by atoms with Crippen molar-refractivity contribution in [2.24, 2.45) is 0 Å². The van der Waals surface area contributed by atoms with E-state index < -0.39 is 72.7 Å². The highest BCUT2D eigenvalue weighted by molar-refractivity contribution is 4.96. The van der Waals surface area contributed by atoms with Gasteiger partial charge in [0, 0.05) is 0 Å². The summed E-state index contributed by atoms with van der Waals surface area (Å²) in [5.41, 5.74) is 0. The van der Waals surface area contributed by atoms with Crippen LogP contribution in [0.1, 0.15) is 0 Å². The molecule has 0 aliphatic rings. The van der Waals surface area contributed by atoms with E-state index in [-0.39, 0.29) is 0 Å². The molecule has 0 amide bonds. The van der Waals surface area contributed by atoms with Crippen LogP contribution >= 0.6 is 0 Å². The Labute approximate surface area is 189 Å². The highest BCUT2D eigenvalue weighted by Gasteiger charge is 2.85. The standard InChI is InChI=1S/C12F22O4/c13-1(14)3(17)35-9(27,28)5(19,7(21,22)23)37-11(31,32)12(33,34)38-6(20,8(24,25)26)10(29,30)36-4(18)2(15)16. The molecule has 0 spiro atoms. The molecule has 0 N–H and O–H groups in total. The van der Waals surface area contributed by atoms with Gasteiger partial charge in [-0.1, -0.05) is 0 Å². The first-order valence-electron chi connectivity index (χ1n) is 7.54. The van der Waals surface area contributed by atoms with Crippen LogP contribution < -0.4 is 0 Å². The molecule has 0 rings (SSSR count). The van der Waals surface area contributed by atoms with E-state index >= 15 is 0 Å². The van der Waals surface area contributed by atoms with Crippen LogP contribution in [-0.4, -0.2) is 48.5 Å². The fourth-order valence-electron chi connectivity index (χ4n) is 1.47. The maximum absolute atomic E-state index is 13.7. The Balaban J connectivity index is 6.82. The van der Waals surface area contributed by atoms with Gasteiger partial charge in [0.05, 0.1) is 0 Å². The zero-order valence-corrected chi connectivity index (χ0v) is 15.9. The van der Waals surface area contributed by atoms with Crippen LogP contribution in [-0.2, 0) is 18.9 Å². The molecule has 0 aliphatic heterocycles. The quantitative estimate of drug-likeness (QED) is 0.173. The number of halogens is 22. The lowest BCUT2D eigenvalue weighted by atomic mass is 10.2. The number of hydrogen-bond donors (Lipinski definition) is 0. The minimum atomic E-state index is -8.23. The van der Waals surface area contributed by atoms with Crippen LogP contribution in [0.4, 0.5) is 96.6 Å². The summed E-state index contributed by atoms with van der Waals surface area (Å²) >= 11 is 0. The lowest BCUT2D eigenvalue weighted by Crippen LogP contribution is -2.67. The van der Waals surface area contributed by atoms with Gasteiger partial charge in [-0.25, -0.2) is 0 Å². The smallest absolute Gasteiger partial charge is 0.398 e. The molecule has 0 aromatic heterocycles. The number of rotatable bonds is 11. The molecule has 2 atom stereocenters. The minimum Gasteiger partial charge on any atom is -0.398 e. The molecule has 26 heteroatoms. The number of ether oxygens (including phenoxy) is 4. The molecule has 38 heavy (non-hydrogen) atoms. The van der Waals surface area contributed by atoms with Crippen molar-refractivity contribution >= 4 is 0 Å². The maximum Gasteiger partial charge on any atom is 0.471 e. The first-order valence-corrected chi connectivity index (χ1v) is 7.54. The Bertz CT molecular complexity index is 836. The Morgan fingerprint density at radius 2 is 0.553 bits per heavy atom. The molecule has 0 bridgehead atoms. The molecule has 0 heterocycles. The molecule has 0 radical (unpaired) electrons. The van der Waals surface area contributed by atoms with E-state index in [1.54, 1.807) is 9.47 Å². The second kappa shape index (κ2) is 10.2. The summed E-state index contributed by atoms with van der Waals surface area (Å²) in [4.78, 5) is 0. The summed E-state index contributed by atoms with van der Waals surface area (Å²) in [7, 11) is 0. The topological polar surface area (TPSA) is 36.9 Å². The molecule has 0 aliphatic carbocycles. The second-order valence-electron chi connectivity index (χ2n) is 5.73. The fraction of sp³-hybridized carbons (Fsp3) is 0.667. The molecule has 0 saturated carbocycles. The highest BCUT2D eigenvalue weighted by atomic mass is 19.4. The first-order chi connectivity index (χ1) is 16.3. The van der Waals surface area contributed by atoms with Gasteiger partial charge in [-0.05, 0) is 0 Å². The second-order valence-corrected chi connectivity index (χ2v) is 5.73. The monoisotopic (exact) mass is 626 g/mol. The van der Waals surface area contributed by atoms with Gasteiger partial charge >= 0.3 is 72.7 Å². The highest BCUT2D eigenvalue weighted by Crippen LogP contribution is 2.56. The lowest BCUT2D eigenvalue weighted by Gasteiger charge is -2.39. The SMILES string of the molecule is FC(F)=C(F)OC(F)(F)C(F)(OC(F)(F)C(F)(F)OC(F)(C(F)(F)F)C(F)(F)OC(F)=C(F)F)C(F)(F)F. The van der Waals surface area contributed by atoms with Gasteiger partial charge in [0.2, 0.25) is 0 Å². The molecule has 4 nitrogen and oxygen atoms in total. The van der Waals surface area contributed by atoms with E-state index in [0.29, 0.717) is 0 Å². The summed E-state index contributed by atoms with van der Waals surface area (Å²) in [6, 6.07) is -8.47. The van der Waals surface area contributed by atoms with Gasteiger partial charge in [-0.3, -0.25) is 9.47 Å². The lowest BCUT2D eigenvalue weighted by molar-refractivity contribution is -0.570. The van der Waals surface area contributed by atoms with Gasteiger partial charge in [-0.15, -0.1) is 0 Å². The van der Waals surface area contributed by atoms with Crippen LogP contribution in [0.3, 0.4) is 0 Å². The van der Waals surface area contributed by atoms with Gasteiger partial charge in [0.25, 0.3) is 0 Å². The maximum atomic E-state index is 13.7. The van der Waals surface area contributed by atoms with Crippen molar-refractivity contribution < 1.29 is 116 Å². The molecule has 0 saturated heterocycles. The van der Waals surface area contributed by atoms with Crippen LogP contribution in [0.5, 0.6) is 0 Å². The van der Waals surface area contributed by atoms with Crippen LogP contribution in [0.25, 0.3) is 0 Å². The van der Waals surface area contributed by atoms with Crippen molar-refractivity contribution in [2.75, 3.05) is 0 Å². The summed E-state index contributed by atoms with van der Waals surface area (Å²) in [5.74, 6) is -16.1. The summed E-state index contributed by atoms with van der Waals surface area (Å²) in [6.45, 7) is 0. The molecule has 0 aromatic carbocycles. The average molecular weight is 626 g/mol. The number of alkyl halides is 16. The van der Waals surface area contributed by atoms with Gasteiger partial charge < -0.3 is 9.47 Å². The molecular weight excluding hydrogens is 626 g/mol. The van der Waals surface area contributed by atoms with Crippen molar-refractivity contribution in [1.82, 2.24) is 0 Å². The Morgan fingerprint density at radius 1 is 0.342 bits per heavy atom. The summed E-state index contributed by atoms with van der Waals surface area (Å²) < 4.78 is 287. The summed E-state index contributed by atoms with van der Waals surface area (Å²) in [5, 5.41) is 0. The third-order valence-electron chi connectivity index (χ3n) is 3.09. The third kappa shape index (κ3) is 6.71. The van der Waals surface area contributed by atoms with Crippen LogP contribution in [0.2, 0.25) is 0 Å². The average Bonchev–Trinajstić information content (AvgIpc) is 2.63. The Kier molecular flexibility index (Phi) is 9.53. The zero-order chi connectivity index (χ0) is 31.1. The van der Waals surface area contributed by atoms with Gasteiger partial charge in [0.1, 0.15) is 0 Å². The van der Waals surface area contributed by atoms with Gasteiger partial charge in [0.15, 0.2) is 0 Å². The van der Waals surface area contributed by atoms with Crippen molar-refractivity contribution in [3.8, 4) is 0 Å². The molecule has 226 valence electrons. The van der Waals surface area contributed by atoms with Crippen molar-refractivity contribution in [3.05, 3.63) is 24.2 Å². The van der Waals surface area contributed by atoms with E-state index in [4.69, 9.17) is 0 Å². The largest absolute Gasteiger partial charge is 0.471 e. The van der Waals surface area contributed by atoms with E-state index in [0.717, 1.165) is 0 Å². The Morgan fingerprint density at radius 3 is 0.711 bits per heavy atom. The van der Waals surface area contributed by atoms with E-state index in [9.17, 15) is 96.6 Å². The molecule has 2 unspecified atom stereocenters. The predicted octanol–water partition coefficient (Wildman–Crippen LogP) is 7.95. The van der Waals surface area contributed by atoms with Crippen molar-refractivity contribution in [3.63, 3.8) is 0 Å². The fourth-order valence-corrected chi connectivity index (χ4v) is 1.47. The van der Waals surface area contributed by atoms with Gasteiger partial charge in [-0.2, -0.15) is 96.6 Å². The minimum absolute atomic E-state index is 1.26. The first kappa shape index (κ1) is 35.5. The van der Waals surface area contributed by atoms with Crippen LogP contribution in [0.15, 0.2) is 24.2 Å². The van der Waals surface area contributed by atoms with Crippen molar-refractivity contribution in [1.29, 1.82) is 0 Å². The zero-order valence-electron chi connectivity index (χ0n) is 15.9. The normalized spacial score (nSPS) is 17.3. The number of hydrogen-bond acceptors (Lipinski definition) is 4. The van der Waals surface area contributed by atoms with Crippen LogP contribution in [0, 0.1) is 0 Å². The third-order valence-corrected chi connectivity index (χ3v) is 3.09. The summed E-state index contributed by atoms with van der Waals surface area (Å²) in [6.07, 6.45) is -56.1. The van der Waals surface area contributed by atoms with E-state index in [2.05, 4.69) is 0 Å². The van der Waals surface area contributed by atoms with Crippen molar-refractivity contribution in [2.45, 2.75) is 48.5 Å². The molecule has 0 aromatic rings. The van der Waals surface area contributed by atoms with E-state index in [1.807, 2.05) is 0 Å². The van der Waals surface area contributed by atoms with E-state index in [1.165, 1.54) is 9.47 Å². The predicted molar refractivity (Wildman–Crippen MR) is 64.6 cm³/mol.